The molecular weight excluding hydrogens is 367 g/mol. The predicted molar refractivity (Wildman–Crippen MR) is 90.4 cm³/mol. The van der Waals surface area contributed by atoms with Crippen molar-refractivity contribution in [1.82, 2.24) is 4.90 Å². The lowest BCUT2D eigenvalue weighted by molar-refractivity contribution is -0.187. The molecule has 1 amide bonds. The second-order valence-corrected chi connectivity index (χ2v) is 6.38. The minimum atomic E-state index is -4.61. The van der Waals surface area contributed by atoms with Crippen LogP contribution in [0.5, 0.6) is 0 Å². The van der Waals surface area contributed by atoms with Gasteiger partial charge in [-0.1, -0.05) is 23.7 Å². The average molecular weight is 380 g/mol. The minimum Gasteiger partial charge on any atom is -0.325 e. The first-order valence-corrected chi connectivity index (χ1v) is 8.05. The van der Waals surface area contributed by atoms with Crippen LogP contribution in [0.2, 0.25) is 5.02 Å². The molecule has 2 aromatic rings. The number of nitriles is 1. The number of rotatable bonds is 2. The smallest absolute Gasteiger partial charge is 0.325 e. The van der Waals surface area contributed by atoms with Crippen LogP contribution in [-0.4, -0.2) is 23.5 Å². The van der Waals surface area contributed by atoms with Crippen LogP contribution in [0.25, 0.3) is 0 Å². The molecule has 1 heterocycles. The third kappa shape index (κ3) is 3.82. The van der Waals surface area contributed by atoms with Crippen molar-refractivity contribution in [3.8, 4) is 6.07 Å². The number of nitrogens with one attached hydrogen (secondary N) is 1. The van der Waals surface area contributed by atoms with Crippen molar-refractivity contribution in [2.24, 2.45) is 0 Å². The molecule has 0 radical (unpaired) electrons. The topological polar surface area (TPSA) is 56.1 Å². The van der Waals surface area contributed by atoms with E-state index >= 15 is 0 Å². The molecule has 0 aliphatic carbocycles. The number of hydrogen-bond acceptors (Lipinski definition) is 3. The summed E-state index contributed by atoms with van der Waals surface area (Å²) in [5.74, 6) is -0.545. The van der Waals surface area contributed by atoms with Crippen molar-refractivity contribution < 1.29 is 18.0 Å². The zero-order chi connectivity index (χ0) is 18.9. The molecule has 0 bridgehead atoms. The fourth-order valence-corrected chi connectivity index (χ4v) is 3.22. The Bertz CT molecular complexity index is 892. The maximum absolute atomic E-state index is 13.9. The van der Waals surface area contributed by atoms with Gasteiger partial charge in [0.25, 0.3) is 0 Å². The normalized spacial score (nSPS) is 17.8. The third-order valence-corrected chi connectivity index (χ3v) is 4.28. The molecule has 1 aliphatic rings. The van der Waals surface area contributed by atoms with E-state index in [0.717, 1.165) is 4.90 Å². The molecule has 134 valence electrons. The van der Waals surface area contributed by atoms with Gasteiger partial charge in [0.1, 0.15) is 6.04 Å². The van der Waals surface area contributed by atoms with E-state index in [1.807, 2.05) is 6.07 Å². The number of fused-ring (bicyclic) bond motifs is 1. The number of carbonyl (C=O) groups is 1. The molecule has 0 aromatic heterocycles. The SMILES string of the molecule is N#Cc1cccc(CN2CC(=O)Nc3ccc(Cl)cc3C2C(F)(F)F)c1. The number of carbonyl (C=O) groups excluding carboxylic acids is 1. The van der Waals surface area contributed by atoms with Gasteiger partial charge in [-0.3, -0.25) is 9.69 Å². The van der Waals surface area contributed by atoms with Crippen LogP contribution in [-0.2, 0) is 11.3 Å². The van der Waals surface area contributed by atoms with Crippen LogP contribution in [0.3, 0.4) is 0 Å². The Morgan fingerprint density at radius 1 is 1.27 bits per heavy atom. The predicted octanol–water partition coefficient (Wildman–Crippen LogP) is 4.27. The molecule has 1 atom stereocenters. The van der Waals surface area contributed by atoms with Gasteiger partial charge in [-0.15, -0.1) is 0 Å². The van der Waals surface area contributed by atoms with Crippen LogP contribution in [0.15, 0.2) is 42.5 Å². The summed E-state index contributed by atoms with van der Waals surface area (Å²) in [6.07, 6.45) is -4.61. The second kappa shape index (κ2) is 6.98. The molecule has 0 saturated heterocycles. The van der Waals surface area contributed by atoms with E-state index in [4.69, 9.17) is 16.9 Å². The first-order chi connectivity index (χ1) is 12.3. The summed E-state index contributed by atoms with van der Waals surface area (Å²) in [7, 11) is 0. The molecule has 26 heavy (non-hydrogen) atoms. The number of anilines is 1. The highest BCUT2D eigenvalue weighted by Crippen LogP contribution is 2.43. The summed E-state index contributed by atoms with van der Waals surface area (Å²) in [5, 5.41) is 11.6. The molecule has 3 rings (SSSR count). The standard InChI is InChI=1S/C18H13ClF3N3O/c19-13-4-5-15-14(7-13)17(18(20,21)22)25(10-16(26)24-15)9-12-3-1-2-11(6-12)8-23/h1-7,17H,9-10H2,(H,24,26). The number of amides is 1. The van der Waals surface area contributed by atoms with Gasteiger partial charge >= 0.3 is 6.18 Å². The molecular formula is C18H13ClF3N3O. The van der Waals surface area contributed by atoms with Gasteiger partial charge in [0, 0.05) is 22.8 Å². The Morgan fingerprint density at radius 2 is 2.04 bits per heavy atom. The Labute approximate surface area is 152 Å². The van der Waals surface area contributed by atoms with Gasteiger partial charge in [-0.25, -0.2) is 0 Å². The van der Waals surface area contributed by atoms with E-state index in [1.54, 1.807) is 18.2 Å². The van der Waals surface area contributed by atoms with E-state index in [1.165, 1.54) is 24.3 Å². The van der Waals surface area contributed by atoms with E-state index in [-0.39, 0.29) is 22.8 Å². The molecule has 1 aliphatic heterocycles. The second-order valence-electron chi connectivity index (χ2n) is 5.94. The van der Waals surface area contributed by atoms with E-state index in [0.29, 0.717) is 11.1 Å². The maximum Gasteiger partial charge on any atom is 0.408 e. The summed E-state index contributed by atoms with van der Waals surface area (Å²) in [5.41, 5.74) is 0.840. The highest BCUT2D eigenvalue weighted by atomic mass is 35.5. The summed E-state index contributed by atoms with van der Waals surface area (Å²) in [6.45, 7) is -0.577. The van der Waals surface area contributed by atoms with Crippen LogP contribution in [0.4, 0.5) is 18.9 Å². The molecule has 0 spiro atoms. The highest BCUT2D eigenvalue weighted by Gasteiger charge is 2.47. The van der Waals surface area contributed by atoms with Gasteiger partial charge in [0.2, 0.25) is 5.91 Å². The van der Waals surface area contributed by atoms with Crippen molar-refractivity contribution >= 4 is 23.2 Å². The molecule has 2 aromatic carbocycles. The van der Waals surface area contributed by atoms with E-state index in [9.17, 15) is 18.0 Å². The maximum atomic E-state index is 13.9. The fraction of sp³-hybridized carbons (Fsp3) is 0.222. The van der Waals surface area contributed by atoms with Crippen LogP contribution in [0, 0.1) is 11.3 Å². The molecule has 4 nitrogen and oxygen atoms in total. The average Bonchev–Trinajstić information content (AvgIpc) is 2.69. The Hall–Kier alpha value is -2.56. The molecule has 8 heteroatoms. The van der Waals surface area contributed by atoms with Gasteiger partial charge in [-0.05, 0) is 35.9 Å². The van der Waals surface area contributed by atoms with Crippen molar-refractivity contribution in [2.45, 2.75) is 18.8 Å². The lowest BCUT2D eigenvalue weighted by atomic mass is 10.0. The van der Waals surface area contributed by atoms with Crippen molar-refractivity contribution in [1.29, 1.82) is 5.26 Å². The Morgan fingerprint density at radius 3 is 2.73 bits per heavy atom. The largest absolute Gasteiger partial charge is 0.408 e. The summed E-state index contributed by atoms with van der Waals surface area (Å²) < 4.78 is 41.6. The van der Waals surface area contributed by atoms with Gasteiger partial charge in [0.15, 0.2) is 0 Å². The summed E-state index contributed by atoms with van der Waals surface area (Å²) in [4.78, 5) is 13.2. The minimum absolute atomic E-state index is 0.0926. The van der Waals surface area contributed by atoms with Gasteiger partial charge in [-0.2, -0.15) is 18.4 Å². The number of benzene rings is 2. The molecule has 1 N–H and O–H groups in total. The van der Waals surface area contributed by atoms with E-state index in [2.05, 4.69) is 5.32 Å². The molecule has 1 unspecified atom stereocenters. The third-order valence-electron chi connectivity index (χ3n) is 4.05. The number of alkyl halides is 3. The number of halogens is 4. The molecule has 0 saturated carbocycles. The number of nitrogens with zero attached hydrogens (tertiary/aromatic N) is 2. The van der Waals surface area contributed by atoms with Crippen LogP contribution in [0.1, 0.15) is 22.7 Å². The fourth-order valence-electron chi connectivity index (χ4n) is 3.04. The first-order valence-electron chi connectivity index (χ1n) is 7.67. The zero-order valence-corrected chi connectivity index (χ0v) is 14.1. The van der Waals surface area contributed by atoms with Crippen molar-refractivity contribution in [3.05, 3.63) is 64.2 Å². The highest BCUT2D eigenvalue weighted by molar-refractivity contribution is 6.30. The van der Waals surface area contributed by atoms with E-state index < -0.39 is 24.7 Å². The number of hydrogen-bond donors (Lipinski definition) is 1. The van der Waals surface area contributed by atoms with Gasteiger partial charge in [0.05, 0.1) is 18.2 Å². The quantitative estimate of drug-likeness (QED) is 0.847. The van der Waals surface area contributed by atoms with Crippen molar-refractivity contribution in [2.75, 3.05) is 11.9 Å². The van der Waals surface area contributed by atoms with Crippen LogP contribution < -0.4 is 5.32 Å². The summed E-state index contributed by atoms with van der Waals surface area (Å²) >= 11 is 5.89. The Kier molecular flexibility index (Phi) is 4.90. The van der Waals surface area contributed by atoms with Crippen molar-refractivity contribution in [3.63, 3.8) is 0 Å². The van der Waals surface area contributed by atoms with Gasteiger partial charge < -0.3 is 5.32 Å². The van der Waals surface area contributed by atoms with Crippen LogP contribution >= 0.6 is 11.6 Å². The lowest BCUT2D eigenvalue weighted by Gasteiger charge is -2.31. The molecule has 0 fully saturated rings. The zero-order valence-electron chi connectivity index (χ0n) is 13.3. The first kappa shape index (κ1) is 18.2. The Balaban J connectivity index is 2.06. The summed E-state index contributed by atoms with van der Waals surface area (Å²) in [6, 6.07) is 10.3. The monoisotopic (exact) mass is 379 g/mol. The lowest BCUT2D eigenvalue weighted by Crippen LogP contribution is -2.40.